The van der Waals surface area contributed by atoms with E-state index in [1.165, 1.54) is 12.0 Å². The van der Waals surface area contributed by atoms with E-state index in [-0.39, 0.29) is 5.78 Å². The van der Waals surface area contributed by atoms with Gasteiger partial charge in [0, 0.05) is 44.1 Å². The van der Waals surface area contributed by atoms with Crippen LogP contribution in [0.2, 0.25) is 0 Å². The number of rotatable bonds is 5. The lowest BCUT2D eigenvalue weighted by Crippen LogP contribution is -2.42. The first-order chi connectivity index (χ1) is 13.7. The summed E-state index contributed by atoms with van der Waals surface area (Å²) in [6.07, 6.45) is 6.63. The lowest BCUT2D eigenvalue weighted by Gasteiger charge is -2.37. The van der Waals surface area contributed by atoms with Crippen LogP contribution in [0.5, 0.6) is 0 Å². The lowest BCUT2D eigenvalue weighted by atomic mass is 9.95. The third kappa shape index (κ3) is 3.17. The summed E-state index contributed by atoms with van der Waals surface area (Å²) >= 11 is 0. The Balaban J connectivity index is 1.72. The zero-order valence-electron chi connectivity index (χ0n) is 16.6. The molecule has 1 aliphatic carbocycles. The van der Waals surface area contributed by atoms with Crippen molar-refractivity contribution < 1.29 is 14.3 Å². The van der Waals surface area contributed by atoms with Gasteiger partial charge in [0.25, 0.3) is 5.79 Å². The third-order valence-electron chi connectivity index (χ3n) is 5.97. The first kappa shape index (κ1) is 18.9. The number of hydrogen-bond acceptors (Lipinski definition) is 4. The largest absolute Gasteiger partial charge is 0.374 e. The number of methoxy groups -OCH3 is 2. The van der Waals surface area contributed by atoms with Crippen molar-refractivity contribution in [1.82, 2.24) is 4.90 Å². The Hall–Kier alpha value is -2.43. The van der Waals surface area contributed by atoms with Crippen LogP contribution in [-0.2, 0) is 15.9 Å². The molecule has 0 N–H and O–H groups in total. The number of piperidine rings is 1. The van der Waals surface area contributed by atoms with E-state index in [4.69, 9.17) is 9.47 Å². The fourth-order valence-electron chi connectivity index (χ4n) is 4.50. The van der Waals surface area contributed by atoms with Crippen LogP contribution in [0.3, 0.4) is 0 Å². The average molecular weight is 377 g/mol. The van der Waals surface area contributed by atoms with Crippen molar-refractivity contribution in [3.05, 3.63) is 77.5 Å². The Morgan fingerprint density at radius 3 is 2.39 bits per heavy atom. The van der Waals surface area contributed by atoms with Crippen LogP contribution in [0.15, 0.2) is 60.8 Å². The molecule has 1 aliphatic heterocycles. The number of Topliss-reactive ketones (excluding diaryl/α,β-unsaturated/α-hetero) is 1. The fourth-order valence-corrected chi connectivity index (χ4v) is 4.50. The SMILES string of the molecule is COC1(OC)C(=O)c2ccccc2C1=CN1CCCCC1Cc1ccccc1. The van der Waals surface area contributed by atoms with Gasteiger partial charge in [0.15, 0.2) is 0 Å². The molecule has 2 aromatic carbocycles. The van der Waals surface area contributed by atoms with Crippen LogP contribution in [0.25, 0.3) is 5.57 Å². The van der Waals surface area contributed by atoms with Crippen LogP contribution in [-0.4, -0.2) is 43.3 Å². The second-order valence-electron chi connectivity index (χ2n) is 7.52. The van der Waals surface area contributed by atoms with Gasteiger partial charge in [-0.3, -0.25) is 4.79 Å². The molecule has 28 heavy (non-hydrogen) atoms. The normalized spacial score (nSPS) is 22.5. The molecule has 0 saturated carbocycles. The van der Waals surface area contributed by atoms with Crippen LogP contribution >= 0.6 is 0 Å². The van der Waals surface area contributed by atoms with Crippen molar-refractivity contribution in [2.45, 2.75) is 37.5 Å². The number of fused-ring (bicyclic) bond motifs is 1. The van der Waals surface area contributed by atoms with Gasteiger partial charge in [0.05, 0.1) is 0 Å². The standard InChI is InChI=1S/C24H27NO3/c1-27-24(28-2)22(20-13-6-7-14-21(20)23(24)26)17-25-15-9-8-12-19(25)16-18-10-4-3-5-11-18/h3-7,10-11,13-14,17,19H,8-9,12,15-16H2,1-2H3. The summed E-state index contributed by atoms with van der Waals surface area (Å²) < 4.78 is 11.4. The third-order valence-corrected chi connectivity index (χ3v) is 5.97. The van der Waals surface area contributed by atoms with Crippen molar-refractivity contribution in [2.75, 3.05) is 20.8 Å². The maximum atomic E-state index is 13.1. The molecule has 4 heteroatoms. The maximum Gasteiger partial charge on any atom is 0.262 e. The fraction of sp³-hybridized carbons (Fsp3) is 0.375. The number of hydrogen-bond donors (Lipinski definition) is 0. The zero-order chi connectivity index (χ0) is 19.6. The first-order valence-corrected chi connectivity index (χ1v) is 9.96. The zero-order valence-corrected chi connectivity index (χ0v) is 16.6. The minimum absolute atomic E-state index is 0.129. The highest BCUT2D eigenvalue weighted by atomic mass is 16.7. The number of nitrogens with zero attached hydrogens (tertiary/aromatic N) is 1. The molecule has 2 aromatic rings. The van der Waals surface area contributed by atoms with Crippen LogP contribution in [0.4, 0.5) is 0 Å². The summed E-state index contributed by atoms with van der Waals surface area (Å²) in [5.41, 5.74) is 3.71. The van der Waals surface area contributed by atoms with Gasteiger partial charge in [-0.2, -0.15) is 0 Å². The molecule has 4 nitrogen and oxygen atoms in total. The molecule has 2 aliphatic rings. The van der Waals surface area contributed by atoms with E-state index in [0.717, 1.165) is 36.9 Å². The first-order valence-electron chi connectivity index (χ1n) is 9.96. The Kier molecular flexibility index (Phi) is 5.33. The predicted molar refractivity (Wildman–Crippen MR) is 110 cm³/mol. The number of carbonyl (C=O) groups excluding carboxylic acids is 1. The highest BCUT2D eigenvalue weighted by Gasteiger charge is 2.51. The molecule has 0 aromatic heterocycles. The molecular formula is C24H27NO3. The molecule has 1 unspecified atom stereocenters. The molecule has 1 atom stereocenters. The monoisotopic (exact) mass is 377 g/mol. The predicted octanol–water partition coefficient (Wildman–Crippen LogP) is 4.31. The quantitative estimate of drug-likeness (QED) is 0.728. The molecule has 0 bridgehead atoms. The van der Waals surface area contributed by atoms with Crippen molar-refractivity contribution in [3.8, 4) is 0 Å². The summed E-state index contributed by atoms with van der Waals surface area (Å²) in [7, 11) is 3.08. The van der Waals surface area contributed by atoms with Crippen molar-refractivity contribution >= 4 is 11.4 Å². The second-order valence-corrected chi connectivity index (χ2v) is 7.52. The molecule has 4 rings (SSSR count). The minimum Gasteiger partial charge on any atom is -0.374 e. The summed E-state index contributed by atoms with van der Waals surface area (Å²) in [6, 6.07) is 18.7. The van der Waals surface area contributed by atoms with Crippen LogP contribution < -0.4 is 0 Å². The van der Waals surface area contributed by atoms with Gasteiger partial charge in [-0.1, -0.05) is 54.6 Å². The highest BCUT2D eigenvalue weighted by molar-refractivity contribution is 6.18. The second kappa shape index (κ2) is 7.90. The Labute approximate surface area is 166 Å². The summed E-state index contributed by atoms with van der Waals surface area (Å²) in [4.78, 5) is 15.5. The number of ketones is 1. The molecule has 1 heterocycles. The van der Waals surface area contributed by atoms with Crippen LogP contribution in [0, 0.1) is 0 Å². The molecule has 0 radical (unpaired) electrons. The van der Waals surface area contributed by atoms with Crippen molar-refractivity contribution in [3.63, 3.8) is 0 Å². The van der Waals surface area contributed by atoms with E-state index in [0.29, 0.717) is 11.6 Å². The van der Waals surface area contributed by atoms with Gasteiger partial charge in [0.2, 0.25) is 5.78 Å². The maximum absolute atomic E-state index is 13.1. The molecular weight excluding hydrogens is 350 g/mol. The molecule has 1 saturated heterocycles. The number of ether oxygens (including phenoxy) is 2. The van der Waals surface area contributed by atoms with Crippen LogP contribution in [0.1, 0.15) is 40.7 Å². The van der Waals surface area contributed by atoms with Gasteiger partial charge in [-0.25, -0.2) is 0 Å². The van der Waals surface area contributed by atoms with E-state index in [2.05, 4.69) is 41.4 Å². The van der Waals surface area contributed by atoms with E-state index < -0.39 is 5.79 Å². The number of benzene rings is 2. The molecule has 0 amide bonds. The van der Waals surface area contributed by atoms with Gasteiger partial charge in [-0.05, 0) is 36.8 Å². The average Bonchev–Trinajstić information content (AvgIpc) is 2.98. The molecule has 146 valence electrons. The smallest absolute Gasteiger partial charge is 0.262 e. The summed E-state index contributed by atoms with van der Waals surface area (Å²) in [6.45, 7) is 0.973. The van der Waals surface area contributed by atoms with E-state index in [1.807, 2.05) is 24.3 Å². The molecule has 0 spiro atoms. The van der Waals surface area contributed by atoms with Gasteiger partial charge in [0.1, 0.15) is 0 Å². The van der Waals surface area contributed by atoms with Gasteiger partial charge < -0.3 is 14.4 Å². The van der Waals surface area contributed by atoms with E-state index in [9.17, 15) is 4.79 Å². The van der Waals surface area contributed by atoms with E-state index in [1.54, 1.807) is 14.2 Å². The van der Waals surface area contributed by atoms with Crippen molar-refractivity contribution in [2.24, 2.45) is 0 Å². The number of carbonyl (C=O) groups is 1. The van der Waals surface area contributed by atoms with E-state index >= 15 is 0 Å². The summed E-state index contributed by atoms with van der Waals surface area (Å²) in [5, 5.41) is 0. The Morgan fingerprint density at radius 1 is 1.00 bits per heavy atom. The van der Waals surface area contributed by atoms with Gasteiger partial charge >= 0.3 is 0 Å². The van der Waals surface area contributed by atoms with Crippen molar-refractivity contribution in [1.29, 1.82) is 0 Å². The summed E-state index contributed by atoms with van der Waals surface area (Å²) in [5.74, 6) is -1.49. The Morgan fingerprint density at radius 2 is 1.68 bits per heavy atom. The minimum atomic E-state index is -1.36. The number of likely N-dealkylation sites (tertiary alicyclic amines) is 1. The topological polar surface area (TPSA) is 38.8 Å². The lowest BCUT2D eigenvalue weighted by molar-refractivity contribution is -0.125. The van der Waals surface area contributed by atoms with Gasteiger partial charge in [-0.15, -0.1) is 0 Å². The Bertz CT molecular complexity index is 870. The highest BCUT2D eigenvalue weighted by Crippen LogP contribution is 2.43. The molecule has 1 fully saturated rings.